The molecule has 0 radical (unpaired) electrons. The van der Waals surface area contributed by atoms with Crippen molar-refractivity contribution < 1.29 is 8.42 Å². The fourth-order valence-electron chi connectivity index (χ4n) is 0.895. The number of sulfonamides is 1. The first-order valence-corrected chi connectivity index (χ1v) is 6.28. The molecule has 1 N–H and O–H groups in total. The second kappa shape index (κ2) is 3.67. The molecule has 7 heteroatoms. The molecule has 0 atom stereocenters. The Kier molecular flexibility index (Phi) is 2.97. The average Bonchev–Trinajstić information content (AvgIpc) is 2.30. The highest BCUT2D eigenvalue weighted by molar-refractivity contribution is 9.10. The zero-order valence-corrected chi connectivity index (χ0v) is 9.68. The van der Waals surface area contributed by atoms with Gasteiger partial charge in [0.1, 0.15) is 4.66 Å². The normalized spacial score (nSPS) is 11.6. The molecule has 0 aromatic carbocycles. The molecule has 1 heterocycles. The SMILES string of the molecule is Cc1nn(C)cc1NS(=O)(=O)CBr. The lowest BCUT2D eigenvalue weighted by molar-refractivity contribution is 0.606. The fraction of sp³-hybridized carbons (Fsp3) is 0.500. The van der Waals surface area contributed by atoms with Gasteiger partial charge in [-0.3, -0.25) is 9.40 Å². The largest absolute Gasteiger partial charge is 0.279 e. The minimum absolute atomic E-state index is 0.117. The van der Waals surface area contributed by atoms with Crippen LogP contribution in [0.3, 0.4) is 0 Å². The van der Waals surface area contributed by atoms with Crippen molar-refractivity contribution in [3.63, 3.8) is 0 Å². The molecule has 1 aromatic heterocycles. The summed E-state index contributed by atoms with van der Waals surface area (Å²) in [4.78, 5) is 0. The summed E-state index contributed by atoms with van der Waals surface area (Å²) in [5.74, 6) is 0. The molecule has 0 aliphatic rings. The van der Waals surface area contributed by atoms with Crippen LogP contribution in [0.1, 0.15) is 5.69 Å². The van der Waals surface area contributed by atoms with Gasteiger partial charge in [-0.2, -0.15) is 5.10 Å². The van der Waals surface area contributed by atoms with E-state index in [1.54, 1.807) is 24.9 Å². The Morgan fingerprint density at radius 3 is 2.69 bits per heavy atom. The highest BCUT2D eigenvalue weighted by atomic mass is 79.9. The number of nitrogens with zero attached hydrogens (tertiary/aromatic N) is 2. The van der Waals surface area contributed by atoms with Crippen LogP contribution in [-0.2, 0) is 17.1 Å². The topological polar surface area (TPSA) is 64.0 Å². The average molecular weight is 268 g/mol. The summed E-state index contributed by atoms with van der Waals surface area (Å²) in [6.07, 6.45) is 1.62. The van der Waals surface area contributed by atoms with Crippen molar-refractivity contribution in [3.05, 3.63) is 11.9 Å². The Labute approximate surface area is 85.3 Å². The minimum atomic E-state index is -3.27. The van der Waals surface area contributed by atoms with Crippen molar-refractivity contribution in [1.82, 2.24) is 9.78 Å². The summed E-state index contributed by atoms with van der Waals surface area (Å²) in [7, 11) is -1.53. The zero-order chi connectivity index (χ0) is 10.1. The molecule has 1 rings (SSSR count). The number of hydrogen-bond acceptors (Lipinski definition) is 3. The van der Waals surface area contributed by atoms with E-state index in [9.17, 15) is 8.42 Å². The third-order valence-corrected chi connectivity index (χ3v) is 4.05. The van der Waals surface area contributed by atoms with E-state index in [4.69, 9.17) is 0 Å². The van der Waals surface area contributed by atoms with E-state index >= 15 is 0 Å². The maximum Gasteiger partial charge on any atom is 0.242 e. The van der Waals surface area contributed by atoms with Gasteiger partial charge in [0.05, 0.1) is 11.4 Å². The maximum atomic E-state index is 11.1. The molecule has 0 unspecified atom stereocenters. The van der Waals surface area contributed by atoms with E-state index in [-0.39, 0.29) is 4.66 Å². The Balaban J connectivity index is 2.92. The first-order valence-electron chi connectivity index (χ1n) is 3.51. The maximum absolute atomic E-state index is 11.1. The Hall–Kier alpha value is -0.560. The molecular formula is C6H10BrN3O2S. The first-order chi connectivity index (χ1) is 5.94. The third kappa shape index (κ3) is 2.70. The molecule has 0 fully saturated rings. The van der Waals surface area contributed by atoms with Crippen molar-refractivity contribution >= 4 is 31.6 Å². The Bertz CT molecular complexity index is 398. The highest BCUT2D eigenvalue weighted by Crippen LogP contribution is 2.13. The Morgan fingerprint density at radius 1 is 1.69 bits per heavy atom. The van der Waals surface area contributed by atoms with Crippen molar-refractivity contribution in [1.29, 1.82) is 0 Å². The minimum Gasteiger partial charge on any atom is -0.279 e. The van der Waals surface area contributed by atoms with Gasteiger partial charge in [0.15, 0.2) is 0 Å². The number of aromatic nitrogens is 2. The highest BCUT2D eigenvalue weighted by Gasteiger charge is 2.11. The van der Waals surface area contributed by atoms with Gasteiger partial charge in [-0.15, -0.1) is 0 Å². The standard InChI is InChI=1S/C6H10BrN3O2S/c1-5-6(3-10(2)8-5)9-13(11,12)4-7/h3,9H,4H2,1-2H3. The molecule has 0 saturated carbocycles. The van der Waals surface area contributed by atoms with Crippen LogP contribution in [0.25, 0.3) is 0 Å². The second-order valence-electron chi connectivity index (χ2n) is 2.63. The van der Waals surface area contributed by atoms with Crippen molar-refractivity contribution in [2.24, 2.45) is 7.05 Å². The van der Waals surface area contributed by atoms with E-state index in [0.29, 0.717) is 11.4 Å². The predicted molar refractivity (Wildman–Crippen MR) is 54.3 cm³/mol. The van der Waals surface area contributed by atoms with Crippen LogP contribution in [0.4, 0.5) is 5.69 Å². The van der Waals surface area contributed by atoms with E-state index in [1.165, 1.54) is 0 Å². The van der Waals surface area contributed by atoms with E-state index < -0.39 is 10.0 Å². The molecule has 13 heavy (non-hydrogen) atoms. The lowest BCUT2D eigenvalue weighted by Crippen LogP contribution is -2.13. The summed E-state index contributed by atoms with van der Waals surface area (Å²) < 4.78 is 26.1. The molecule has 1 aromatic rings. The molecule has 0 saturated heterocycles. The van der Waals surface area contributed by atoms with E-state index in [2.05, 4.69) is 25.8 Å². The molecule has 0 aliphatic carbocycles. The van der Waals surface area contributed by atoms with Crippen LogP contribution in [0.15, 0.2) is 6.20 Å². The predicted octanol–water partition coefficient (Wildman–Crippen LogP) is 0.823. The summed E-state index contributed by atoms with van der Waals surface area (Å²) in [5.41, 5.74) is 1.17. The summed E-state index contributed by atoms with van der Waals surface area (Å²) >= 11 is 2.88. The monoisotopic (exact) mass is 267 g/mol. The van der Waals surface area contributed by atoms with Gasteiger partial charge >= 0.3 is 0 Å². The van der Waals surface area contributed by atoms with Crippen molar-refractivity contribution in [2.45, 2.75) is 6.92 Å². The third-order valence-electron chi connectivity index (χ3n) is 1.42. The number of nitrogens with one attached hydrogen (secondary N) is 1. The van der Waals surface area contributed by atoms with Crippen LogP contribution in [0.2, 0.25) is 0 Å². The zero-order valence-electron chi connectivity index (χ0n) is 7.28. The molecule has 5 nitrogen and oxygen atoms in total. The molecule has 74 valence electrons. The van der Waals surface area contributed by atoms with Gasteiger partial charge < -0.3 is 0 Å². The number of anilines is 1. The van der Waals surface area contributed by atoms with Gasteiger partial charge in [-0.1, -0.05) is 15.9 Å². The van der Waals surface area contributed by atoms with Crippen molar-refractivity contribution in [2.75, 3.05) is 9.38 Å². The summed E-state index contributed by atoms with van der Waals surface area (Å²) in [6.45, 7) is 1.74. The van der Waals surface area contributed by atoms with Crippen LogP contribution >= 0.6 is 15.9 Å². The molecule has 0 spiro atoms. The van der Waals surface area contributed by atoms with E-state index in [0.717, 1.165) is 0 Å². The van der Waals surface area contributed by atoms with Crippen LogP contribution in [0, 0.1) is 6.92 Å². The second-order valence-corrected chi connectivity index (χ2v) is 5.65. The van der Waals surface area contributed by atoms with Crippen LogP contribution in [0.5, 0.6) is 0 Å². The summed E-state index contributed by atoms with van der Waals surface area (Å²) in [5, 5.41) is 4.00. The van der Waals surface area contributed by atoms with Gasteiger partial charge in [0.2, 0.25) is 10.0 Å². The van der Waals surface area contributed by atoms with Crippen molar-refractivity contribution in [3.8, 4) is 0 Å². The fourth-order valence-corrected chi connectivity index (χ4v) is 1.83. The number of hydrogen-bond donors (Lipinski definition) is 1. The smallest absolute Gasteiger partial charge is 0.242 e. The van der Waals surface area contributed by atoms with Crippen LogP contribution in [-0.4, -0.2) is 22.9 Å². The molecule has 0 amide bonds. The number of halogens is 1. The molecular weight excluding hydrogens is 258 g/mol. The first kappa shape index (κ1) is 10.5. The molecule has 0 aliphatic heterocycles. The lowest BCUT2D eigenvalue weighted by Gasteiger charge is -2.01. The number of aryl methyl sites for hydroxylation is 2. The quantitative estimate of drug-likeness (QED) is 0.825. The lowest BCUT2D eigenvalue weighted by atomic mass is 10.4. The van der Waals surface area contributed by atoms with Gasteiger partial charge in [-0.05, 0) is 6.92 Å². The van der Waals surface area contributed by atoms with E-state index in [1.807, 2.05) is 0 Å². The van der Waals surface area contributed by atoms with Gasteiger partial charge in [-0.25, -0.2) is 8.42 Å². The van der Waals surface area contributed by atoms with Gasteiger partial charge in [0, 0.05) is 13.2 Å². The molecule has 0 bridgehead atoms. The van der Waals surface area contributed by atoms with Gasteiger partial charge in [0.25, 0.3) is 0 Å². The number of alkyl halides is 1. The number of rotatable bonds is 3. The Morgan fingerprint density at radius 2 is 2.31 bits per heavy atom. The van der Waals surface area contributed by atoms with Crippen LogP contribution < -0.4 is 4.72 Å². The summed E-state index contributed by atoms with van der Waals surface area (Å²) in [6, 6.07) is 0.